The second-order valence-electron chi connectivity index (χ2n) is 6.23. The number of methoxy groups -OCH3 is 2. The van der Waals surface area contributed by atoms with E-state index in [9.17, 15) is 10.0 Å². The van der Waals surface area contributed by atoms with Gasteiger partial charge in [0, 0.05) is 16.4 Å². The molecule has 4 N–H and O–H groups in total. The Kier molecular flexibility index (Phi) is 5.06. The highest BCUT2D eigenvalue weighted by molar-refractivity contribution is 7.16. The zero-order chi connectivity index (χ0) is 20.5. The van der Waals surface area contributed by atoms with Gasteiger partial charge in [0.1, 0.15) is 10.8 Å². The molecule has 0 radical (unpaired) electrons. The smallest absolute Gasteiger partial charge is 0.492 e. The maximum Gasteiger partial charge on any atom is 0.492 e. The molecule has 0 fully saturated rings. The van der Waals surface area contributed by atoms with Crippen molar-refractivity contribution >= 4 is 40.5 Å². The van der Waals surface area contributed by atoms with Crippen LogP contribution in [-0.2, 0) is 0 Å². The van der Waals surface area contributed by atoms with Gasteiger partial charge in [-0.25, -0.2) is 4.98 Å². The summed E-state index contributed by atoms with van der Waals surface area (Å²) >= 11 is 1.37. The molecule has 0 aliphatic rings. The van der Waals surface area contributed by atoms with Gasteiger partial charge in [0.15, 0.2) is 5.06 Å². The molecule has 2 aromatic heterocycles. The molecule has 0 amide bonds. The number of hydrogen-bond acceptors (Lipinski definition) is 9. The van der Waals surface area contributed by atoms with E-state index in [1.165, 1.54) is 24.6 Å². The molecule has 0 aliphatic carbocycles. The molecule has 4 rings (SSSR count). The number of thiazole rings is 1. The quantitative estimate of drug-likeness (QED) is 0.427. The molecule has 0 saturated carbocycles. The third kappa shape index (κ3) is 3.49. The minimum atomic E-state index is -1.69. The first kappa shape index (κ1) is 19.1. The summed E-state index contributed by atoms with van der Waals surface area (Å²) in [6.07, 6.45) is 3.14. The Balaban J connectivity index is 1.98. The Bertz CT molecular complexity index is 1200. The second kappa shape index (κ2) is 7.67. The third-order valence-corrected chi connectivity index (χ3v) is 5.54. The Labute approximate surface area is 170 Å². The maximum atomic E-state index is 9.82. The molecule has 0 unspecified atom stereocenters. The van der Waals surface area contributed by atoms with Crippen LogP contribution in [0.5, 0.6) is 10.8 Å². The summed E-state index contributed by atoms with van der Waals surface area (Å²) in [4.78, 5) is 4.43. The molecular formula is C19H17BN4O4S. The van der Waals surface area contributed by atoms with E-state index in [0.29, 0.717) is 27.0 Å². The van der Waals surface area contributed by atoms with Crippen LogP contribution in [0.3, 0.4) is 0 Å². The van der Waals surface area contributed by atoms with Crippen LogP contribution in [0.1, 0.15) is 0 Å². The van der Waals surface area contributed by atoms with Crippen molar-refractivity contribution in [3.63, 3.8) is 0 Å². The van der Waals surface area contributed by atoms with E-state index in [0.717, 1.165) is 22.1 Å². The molecule has 0 spiro atoms. The van der Waals surface area contributed by atoms with Crippen LogP contribution in [-0.4, -0.2) is 46.6 Å². The van der Waals surface area contributed by atoms with Crippen LogP contribution in [0.15, 0.2) is 42.7 Å². The molecular weight excluding hydrogens is 391 g/mol. The second-order valence-corrected chi connectivity index (χ2v) is 7.23. The van der Waals surface area contributed by atoms with Crippen LogP contribution in [0.25, 0.3) is 32.6 Å². The molecule has 4 aromatic rings. The van der Waals surface area contributed by atoms with Crippen molar-refractivity contribution in [2.24, 2.45) is 0 Å². The standard InChI is InChI=1S/C19H17BN4O4S/c1-27-17-7-13(19-22-9-18(28-2)29-19)12(6-14(17)20(25)26)10-3-4-11-15(21)8-23-24-16(11)5-10/h3-9,25-26H,1-2H3,(H2,21,24). The van der Waals surface area contributed by atoms with Gasteiger partial charge in [0.25, 0.3) is 0 Å². The number of hydrogen-bond donors (Lipinski definition) is 3. The first-order valence-corrected chi connectivity index (χ1v) is 9.43. The highest BCUT2D eigenvalue weighted by Gasteiger charge is 2.23. The first-order valence-electron chi connectivity index (χ1n) is 8.61. The van der Waals surface area contributed by atoms with Crippen molar-refractivity contribution in [2.45, 2.75) is 0 Å². The fourth-order valence-corrected chi connectivity index (χ4v) is 3.88. The number of nitrogen functional groups attached to an aromatic ring is 1. The van der Waals surface area contributed by atoms with Gasteiger partial charge >= 0.3 is 7.12 Å². The molecule has 0 bridgehead atoms. The summed E-state index contributed by atoms with van der Waals surface area (Å²) < 4.78 is 10.6. The van der Waals surface area contributed by atoms with Crippen LogP contribution in [0.4, 0.5) is 5.69 Å². The largest absolute Gasteiger partial charge is 0.497 e. The number of nitrogens with zero attached hydrogens (tertiary/aromatic N) is 3. The highest BCUT2D eigenvalue weighted by atomic mass is 32.1. The number of aromatic nitrogens is 3. The van der Waals surface area contributed by atoms with Crippen LogP contribution < -0.4 is 20.7 Å². The topological polar surface area (TPSA) is 124 Å². The van der Waals surface area contributed by atoms with E-state index in [1.54, 1.807) is 25.4 Å². The summed E-state index contributed by atoms with van der Waals surface area (Å²) in [6.45, 7) is 0. The van der Waals surface area contributed by atoms with Gasteiger partial charge in [-0.3, -0.25) is 0 Å². The number of fused-ring (bicyclic) bond motifs is 1. The van der Waals surface area contributed by atoms with E-state index in [-0.39, 0.29) is 5.46 Å². The lowest BCUT2D eigenvalue weighted by Crippen LogP contribution is -2.31. The molecule has 146 valence electrons. The zero-order valence-corrected chi connectivity index (χ0v) is 16.5. The predicted octanol–water partition coefficient (Wildman–Crippen LogP) is 1.70. The molecule has 2 heterocycles. The number of benzene rings is 2. The minimum Gasteiger partial charge on any atom is -0.497 e. The number of anilines is 1. The van der Waals surface area contributed by atoms with Gasteiger partial charge in [-0.05, 0) is 29.3 Å². The third-order valence-electron chi connectivity index (χ3n) is 4.55. The Morgan fingerprint density at radius 1 is 1.03 bits per heavy atom. The Hall–Kier alpha value is -3.21. The average molecular weight is 408 g/mol. The highest BCUT2D eigenvalue weighted by Crippen LogP contribution is 2.39. The van der Waals surface area contributed by atoms with E-state index < -0.39 is 7.12 Å². The normalized spacial score (nSPS) is 10.9. The lowest BCUT2D eigenvalue weighted by Gasteiger charge is -2.15. The van der Waals surface area contributed by atoms with Crippen molar-refractivity contribution in [3.8, 4) is 32.5 Å². The number of ether oxygens (including phenoxy) is 2. The van der Waals surface area contributed by atoms with Crippen LogP contribution in [0.2, 0.25) is 0 Å². The van der Waals surface area contributed by atoms with Gasteiger partial charge in [-0.15, -0.1) is 0 Å². The van der Waals surface area contributed by atoms with Crippen LogP contribution >= 0.6 is 11.3 Å². The molecule has 10 heteroatoms. The predicted molar refractivity (Wildman–Crippen MR) is 113 cm³/mol. The summed E-state index contributed by atoms with van der Waals surface area (Å²) in [6, 6.07) is 9.01. The van der Waals surface area contributed by atoms with Gasteiger partial charge in [-0.1, -0.05) is 23.5 Å². The minimum absolute atomic E-state index is 0.244. The van der Waals surface area contributed by atoms with Crippen molar-refractivity contribution < 1.29 is 19.5 Å². The molecule has 0 aliphatic heterocycles. The summed E-state index contributed by atoms with van der Waals surface area (Å²) in [5.74, 6) is 0.345. The van der Waals surface area contributed by atoms with E-state index >= 15 is 0 Å². The van der Waals surface area contributed by atoms with Gasteiger partial charge in [0.2, 0.25) is 0 Å². The van der Waals surface area contributed by atoms with E-state index in [4.69, 9.17) is 15.2 Å². The summed E-state index contributed by atoms with van der Waals surface area (Å²) in [7, 11) is 1.36. The number of nitrogens with two attached hydrogens (primary N) is 1. The fraction of sp³-hybridized carbons (Fsp3) is 0.105. The van der Waals surface area contributed by atoms with Gasteiger partial charge in [0.05, 0.1) is 37.8 Å². The summed E-state index contributed by atoms with van der Waals surface area (Å²) in [5, 5.41) is 29.9. The zero-order valence-electron chi connectivity index (χ0n) is 15.7. The van der Waals surface area contributed by atoms with Crippen molar-refractivity contribution in [3.05, 3.63) is 42.7 Å². The maximum absolute atomic E-state index is 9.82. The summed E-state index contributed by atoms with van der Waals surface area (Å²) in [5.41, 5.74) is 9.68. The van der Waals surface area contributed by atoms with Gasteiger partial charge in [-0.2, -0.15) is 10.2 Å². The van der Waals surface area contributed by atoms with Crippen molar-refractivity contribution in [1.82, 2.24) is 15.2 Å². The molecule has 2 aromatic carbocycles. The molecule has 0 atom stereocenters. The molecule has 0 saturated heterocycles. The lowest BCUT2D eigenvalue weighted by molar-refractivity contribution is 0.403. The average Bonchev–Trinajstić information content (AvgIpc) is 3.22. The van der Waals surface area contributed by atoms with Crippen molar-refractivity contribution in [1.29, 1.82) is 0 Å². The number of rotatable bonds is 5. The molecule has 8 nitrogen and oxygen atoms in total. The molecule has 29 heavy (non-hydrogen) atoms. The van der Waals surface area contributed by atoms with E-state index in [1.807, 2.05) is 18.2 Å². The Morgan fingerprint density at radius 2 is 1.86 bits per heavy atom. The SMILES string of the molecule is COc1cnc(-c2cc(OC)c(B(O)O)cc2-c2ccc3c(N)cnnc3c2)s1. The van der Waals surface area contributed by atoms with E-state index in [2.05, 4.69) is 15.2 Å². The Morgan fingerprint density at radius 3 is 2.55 bits per heavy atom. The lowest BCUT2D eigenvalue weighted by atomic mass is 9.77. The van der Waals surface area contributed by atoms with Crippen LogP contribution in [0, 0.1) is 0 Å². The van der Waals surface area contributed by atoms with Crippen molar-refractivity contribution in [2.75, 3.05) is 20.0 Å². The fourth-order valence-electron chi connectivity index (χ4n) is 3.12. The first-order chi connectivity index (χ1) is 14.0. The monoisotopic (exact) mass is 408 g/mol. The van der Waals surface area contributed by atoms with Gasteiger partial charge < -0.3 is 25.3 Å².